The fourth-order valence-electron chi connectivity index (χ4n) is 2.13. The fraction of sp³-hybridized carbons (Fsp3) is 0.278. The van der Waals surface area contributed by atoms with Crippen LogP contribution in [0, 0.1) is 11.3 Å². The van der Waals surface area contributed by atoms with Gasteiger partial charge in [0.2, 0.25) is 0 Å². The summed E-state index contributed by atoms with van der Waals surface area (Å²) in [4.78, 5) is 15.5. The third-order valence-corrected chi connectivity index (χ3v) is 3.47. The molecule has 1 aromatic heterocycles. The van der Waals surface area contributed by atoms with Crippen molar-refractivity contribution in [3.8, 4) is 6.07 Å². The predicted molar refractivity (Wildman–Crippen MR) is 89.2 cm³/mol. The van der Waals surface area contributed by atoms with Gasteiger partial charge in [0.05, 0.1) is 11.8 Å². The largest absolute Gasteiger partial charge is 0.445 e. The van der Waals surface area contributed by atoms with Crippen molar-refractivity contribution >= 4 is 6.09 Å². The standard InChI is InChI=1S/C18H19N3O4/c19-11-14-7-4-8-15(21-14)17(23)16(22)9-10-20-18(24)25-12-13-5-2-1-3-6-13/h1-8,16-17,22-23H,9-10,12H2,(H,20,24). The molecule has 1 aromatic carbocycles. The van der Waals surface area contributed by atoms with Crippen LogP contribution in [0.3, 0.4) is 0 Å². The molecule has 2 atom stereocenters. The highest BCUT2D eigenvalue weighted by atomic mass is 16.5. The summed E-state index contributed by atoms with van der Waals surface area (Å²) in [7, 11) is 0. The van der Waals surface area contributed by atoms with Gasteiger partial charge in [-0.15, -0.1) is 0 Å². The maximum Gasteiger partial charge on any atom is 0.407 e. The summed E-state index contributed by atoms with van der Waals surface area (Å²) in [6.07, 6.45) is -2.86. The number of aliphatic hydroxyl groups excluding tert-OH is 2. The molecule has 0 aliphatic heterocycles. The number of benzene rings is 1. The van der Waals surface area contributed by atoms with Gasteiger partial charge in [-0.2, -0.15) is 5.26 Å². The van der Waals surface area contributed by atoms with Gasteiger partial charge in [-0.25, -0.2) is 9.78 Å². The number of carbonyl (C=O) groups is 1. The smallest absolute Gasteiger partial charge is 0.407 e. The van der Waals surface area contributed by atoms with Gasteiger partial charge >= 0.3 is 6.09 Å². The van der Waals surface area contributed by atoms with E-state index in [2.05, 4.69) is 10.3 Å². The number of nitriles is 1. The fourth-order valence-corrected chi connectivity index (χ4v) is 2.13. The zero-order chi connectivity index (χ0) is 18.1. The molecule has 7 nitrogen and oxygen atoms in total. The molecule has 2 aromatic rings. The molecular formula is C18H19N3O4. The lowest BCUT2D eigenvalue weighted by Crippen LogP contribution is -2.30. The number of amides is 1. The van der Waals surface area contributed by atoms with E-state index in [9.17, 15) is 15.0 Å². The first kappa shape index (κ1) is 18.4. The summed E-state index contributed by atoms with van der Waals surface area (Å²) in [6.45, 7) is 0.284. The molecular weight excluding hydrogens is 322 g/mol. The maximum absolute atomic E-state index is 11.6. The van der Waals surface area contributed by atoms with Gasteiger partial charge in [0.25, 0.3) is 0 Å². The second-order valence-electron chi connectivity index (χ2n) is 5.35. The van der Waals surface area contributed by atoms with Crippen LogP contribution < -0.4 is 5.32 Å². The number of nitrogens with one attached hydrogen (secondary N) is 1. The molecule has 25 heavy (non-hydrogen) atoms. The molecule has 0 radical (unpaired) electrons. The number of rotatable bonds is 7. The summed E-state index contributed by atoms with van der Waals surface area (Å²) in [5.74, 6) is 0. The van der Waals surface area contributed by atoms with E-state index in [0.717, 1.165) is 5.56 Å². The molecule has 0 bridgehead atoms. The van der Waals surface area contributed by atoms with Crippen LogP contribution in [0.25, 0.3) is 0 Å². The Hall–Kier alpha value is -2.95. The summed E-state index contributed by atoms with van der Waals surface area (Å²) < 4.78 is 5.04. The molecule has 0 aliphatic rings. The van der Waals surface area contributed by atoms with Crippen LogP contribution in [0.15, 0.2) is 48.5 Å². The second-order valence-corrected chi connectivity index (χ2v) is 5.35. The number of aliphatic hydroxyl groups is 2. The van der Waals surface area contributed by atoms with Crippen molar-refractivity contribution in [2.75, 3.05) is 6.54 Å². The van der Waals surface area contributed by atoms with E-state index in [4.69, 9.17) is 10.00 Å². The third-order valence-electron chi connectivity index (χ3n) is 3.47. The van der Waals surface area contributed by atoms with Crippen LogP contribution >= 0.6 is 0 Å². The minimum Gasteiger partial charge on any atom is -0.445 e. The van der Waals surface area contributed by atoms with Gasteiger partial charge in [-0.05, 0) is 24.1 Å². The number of nitrogens with zero attached hydrogens (tertiary/aromatic N) is 2. The van der Waals surface area contributed by atoms with E-state index in [-0.39, 0.29) is 31.0 Å². The zero-order valence-corrected chi connectivity index (χ0v) is 13.5. The van der Waals surface area contributed by atoms with Crippen LogP contribution in [0.4, 0.5) is 4.79 Å². The van der Waals surface area contributed by atoms with Crippen molar-refractivity contribution in [2.24, 2.45) is 0 Å². The van der Waals surface area contributed by atoms with Crippen LogP contribution in [-0.4, -0.2) is 33.9 Å². The lowest BCUT2D eigenvalue weighted by atomic mass is 10.1. The lowest BCUT2D eigenvalue weighted by molar-refractivity contribution is 0.0111. The van der Waals surface area contributed by atoms with Crippen molar-refractivity contribution in [3.05, 3.63) is 65.5 Å². The van der Waals surface area contributed by atoms with Crippen molar-refractivity contribution < 1.29 is 19.7 Å². The quantitative estimate of drug-likeness (QED) is 0.705. The van der Waals surface area contributed by atoms with E-state index in [1.807, 2.05) is 36.4 Å². The summed E-state index contributed by atoms with van der Waals surface area (Å²) in [5.41, 5.74) is 1.24. The van der Waals surface area contributed by atoms with Gasteiger partial charge in [-0.1, -0.05) is 36.4 Å². The van der Waals surface area contributed by atoms with Crippen LogP contribution in [0.5, 0.6) is 0 Å². The Bertz CT molecular complexity index is 731. The molecule has 0 fully saturated rings. The van der Waals surface area contributed by atoms with Crippen molar-refractivity contribution in [1.29, 1.82) is 5.26 Å². The molecule has 0 spiro atoms. The normalized spacial score (nSPS) is 12.7. The molecule has 2 rings (SSSR count). The number of alkyl carbamates (subject to hydrolysis) is 1. The Morgan fingerprint density at radius 2 is 1.96 bits per heavy atom. The number of hydrogen-bond donors (Lipinski definition) is 3. The number of aromatic nitrogens is 1. The highest BCUT2D eigenvalue weighted by Gasteiger charge is 2.20. The van der Waals surface area contributed by atoms with Gasteiger partial charge in [0.1, 0.15) is 24.5 Å². The van der Waals surface area contributed by atoms with Crippen LogP contribution in [-0.2, 0) is 11.3 Å². The summed E-state index contributed by atoms with van der Waals surface area (Å²) in [6, 6.07) is 15.7. The van der Waals surface area contributed by atoms with Gasteiger partial charge in [-0.3, -0.25) is 0 Å². The first-order valence-corrected chi connectivity index (χ1v) is 7.78. The topological polar surface area (TPSA) is 115 Å². The molecule has 2 unspecified atom stereocenters. The number of hydrogen-bond acceptors (Lipinski definition) is 6. The minimum atomic E-state index is -1.24. The molecule has 0 saturated carbocycles. The first-order valence-electron chi connectivity index (χ1n) is 7.78. The Balaban J connectivity index is 1.73. The number of ether oxygens (including phenoxy) is 1. The van der Waals surface area contributed by atoms with Crippen molar-refractivity contribution in [2.45, 2.75) is 25.2 Å². The third kappa shape index (κ3) is 5.88. The van der Waals surface area contributed by atoms with E-state index >= 15 is 0 Å². The van der Waals surface area contributed by atoms with E-state index in [1.54, 1.807) is 6.07 Å². The van der Waals surface area contributed by atoms with Crippen LogP contribution in [0.1, 0.15) is 29.5 Å². The average molecular weight is 341 g/mol. The Morgan fingerprint density at radius 3 is 2.68 bits per heavy atom. The highest BCUT2D eigenvalue weighted by molar-refractivity contribution is 5.67. The van der Waals surface area contributed by atoms with Crippen molar-refractivity contribution in [3.63, 3.8) is 0 Å². The Kier molecular flexibility index (Phi) is 6.89. The second kappa shape index (κ2) is 9.37. The Labute approximate surface area is 145 Å². The monoisotopic (exact) mass is 341 g/mol. The zero-order valence-electron chi connectivity index (χ0n) is 13.5. The lowest BCUT2D eigenvalue weighted by Gasteiger charge is -2.17. The molecule has 130 valence electrons. The molecule has 3 N–H and O–H groups in total. The summed E-state index contributed by atoms with van der Waals surface area (Å²) in [5, 5.41) is 31.4. The average Bonchev–Trinajstić information content (AvgIpc) is 2.66. The SMILES string of the molecule is N#Cc1cccc(C(O)C(O)CCNC(=O)OCc2ccccc2)n1. The Morgan fingerprint density at radius 1 is 1.20 bits per heavy atom. The van der Waals surface area contributed by atoms with E-state index in [0.29, 0.717) is 0 Å². The van der Waals surface area contributed by atoms with E-state index in [1.165, 1.54) is 12.1 Å². The molecule has 1 heterocycles. The van der Waals surface area contributed by atoms with Crippen LogP contribution in [0.2, 0.25) is 0 Å². The van der Waals surface area contributed by atoms with E-state index < -0.39 is 18.3 Å². The van der Waals surface area contributed by atoms with Crippen molar-refractivity contribution in [1.82, 2.24) is 10.3 Å². The van der Waals surface area contributed by atoms with Gasteiger partial charge < -0.3 is 20.3 Å². The molecule has 7 heteroatoms. The van der Waals surface area contributed by atoms with Gasteiger partial charge in [0, 0.05) is 6.54 Å². The molecule has 0 aliphatic carbocycles. The highest BCUT2D eigenvalue weighted by Crippen LogP contribution is 2.16. The first-order chi connectivity index (χ1) is 12.1. The minimum absolute atomic E-state index is 0.111. The number of carbonyl (C=O) groups excluding carboxylic acids is 1. The predicted octanol–water partition coefficient (Wildman–Crippen LogP) is 1.66. The number of pyridine rings is 1. The molecule has 0 saturated heterocycles. The molecule has 1 amide bonds. The van der Waals surface area contributed by atoms with Gasteiger partial charge in [0.15, 0.2) is 0 Å². The maximum atomic E-state index is 11.6. The summed E-state index contributed by atoms with van der Waals surface area (Å²) >= 11 is 0.